The van der Waals surface area contributed by atoms with E-state index in [-0.39, 0.29) is 18.6 Å². The highest BCUT2D eigenvalue weighted by Gasteiger charge is 2.09. The van der Waals surface area contributed by atoms with Crippen molar-refractivity contribution in [2.75, 3.05) is 20.2 Å². The summed E-state index contributed by atoms with van der Waals surface area (Å²) < 4.78 is 11.7. The molecule has 7 heteroatoms. The van der Waals surface area contributed by atoms with Crippen molar-refractivity contribution in [3.8, 4) is 11.5 Å². The zero-order valence-electron chi connectivity index (χ0n) is 19.8. The van der Waals surface area contributed by atoms with Crippen molar-refractivity contribution in [3.63, 3.8) is 0 Å². The van der Waals surface area contributed by atoms with Crippen molar-refractivity contribution in [2.24, 2.45) is 4.99 Å². The number of likely N-dealkylation sites (N-methyl/N-ethyl adjacent to an activating group) is 1. The molecule has 1 unspecified atom stereocenters. The molecule has 0 radical (unpaired) electrons. The number of carbonyl (C=O) groups excluding carboxylic acids is 1. The number of nitrogens with zero attached hydrogens (tertiary/aromatic N) is 1. The number of hydrogen-bond acceptors (Lipinski definition) is 4. The minimum Gasteiger partial charge on any atom is -0.490 e. The highest BCUT2D eigenvalue weighted by Crippen LogP contribution is 2.22. The summed E-state index contributed by atoms with van der Waals surface area (Å²) in [6.07, 6.45) is 1.12. The van der Waals surface area contributed by atoms with Crippen LogP contribution < -0.4 is 25.4 Å². The Balaban J connectivity index is 1.91. The van der Waals surface area contributed by atoms with Crippen LogP contribution in [0.4, 0.5) is 0 Å². The zero-order chi connectivity index (χ0) is 23.3. The van der Waals surface area contributed by atoms with Gasteiger partial charge < -0.3 is 25.4 Å². The van der Waals surface area contributed by atoms with Gasteiger partial charge in [-0.05, 0) is 56.5 Å². The Bertz CT molecular complexity index is 899. The van der Waals surface area contributed by atoms with Gasteiger partial charge in [-0.1, -0.05) is 31.2 Å². The van der Waals surface area contributed by atoms with Gasteiger partial charge in [0.05, 0.1) is 6.10 Å². The third kappa shape index (κ3) is 8.49. The molecule has 174 valence electrons. The number of benzene rings is 2. The van der Waals surface area contributed by atoms with E-state index in [0.717, 1.165) is 23.3 Å². The molecule has 2 aromatic rings. The van der Waals surface area contributed by atoms with Crippen molar-refractivity contribution < 1.29 is 14.3 Å². The van der Waals surface area contributed by atoms with Crippen LogP contribution in [-0.2, 0) is 17.9 Å². The van der Waals surface area contributed by atoms with Crippen LogP contribution in [0.2, 0.25) is 0 Å². The first-order chi connectivity index (χ1) is 15.4. The molecule has 0 heterocycles. The van der Waals surface area contributed by atoms with Gasteiger partial charge in [0.25, 0.3) is 5.91 Å². The molecule has 1 amide bonds. The molecule has 0 spiro atoms. The summed E-state index contributed by atoms with van der Waals surface area (Å²) in [5, 5.41) is 9.38. The van der Waals surface area contributed by atoms with Gasteiger partial charge in [-0.15, -0.1) is 0 Å². The Hall–Kier alpha value is -3.22. The molecule has 0 saturated carbocycles. The van der Waals surface area contributed by atoms with Gasteiger partial charge in [0.1, 0.15) is 11.5 Å². The quantitative estimate of drug-likeness (QED) is 0.368. The van der Waals surface area contributed by atoms with Crippen LogP contribution in [0.1, 0.15) is 43.9 Å². The molecule has 2 rings (SSSR count). The number of aryl methyl sites for hydroxylation is 1. The number of aliphatic imine (C=N–C) groups is 1. The fraction of sp³-hybridized carbons (Fsp3) is 0.440. The number of rotatable bonds is 11. The van der Waals surface area contributed by atoms with Crippen molar-refractivity contribution in [3.05, 3.63) is 59.2 Å². The average Bonchev–Trinajstić information content (AvgIpc) is 2.79. The summed E-state index contributed by atoms with van der Waals surface area (Å²) in [6.45, 7) is 9.90. The lowest BCUT2D eigenvalue weighted by Gasteiger charge is -2.18. The van der Waals surface area contributed by atoms with E-state index >= 15 is 0 Å². The molecule has 0 saturated heterocycles. The van der Waals surface area contributed by atoms with Gasteiger partial charge in [-0.2, -0.15) is 0 Å². The van der Waals surface area contributed by atoms with E-state index in [1.807, 2.05) is 31.2 Å². The first-order valence-electron chi connectivity index (χ1n) is 11.1. The van der Waals surface area contributed by atoms with Gasteiger partial charge >= 0.3 is 0 Å². The van der Waals surface area contributed by atoms with Crippen molar-refractivity contribution >= 4 is 11.9 Å². The lowest BCUT2D eigenvalue weighted by molar-refractivity contribution is -0.122. The number of hydrogen-bond donors (Lipinski definition) is 3. The Morgan fingerprint density at radius 3 is 2.56 bits per heavy atom. The fourth-order valence-corrected chi connectivity index (χ4v) is 2.95. The Kier molecular flexibility index (Phi) is 10.4. The molecule has 7 nitrogen and oxygen atoms in total. The third-order valence-corrected chi connectivity index (χ3v) is 4.90. The maximum Gasteiger partial charge on any atom is 0.257 e. The highest BCUT2D eigenvalue weighted by molar-refractivity contribution is 5.79. The van der Waals surface area contributed by atoms with Gasteiger partial charge in [-0.3, -0.25) is 9.79 Å². The molecule has 0 bridgehead atoms. The molecule has 0 aromatic heterocycles. The topological polar surface area (TPSA) is 84.0 Å². The predicted molar refractivity (Wildman–Crippen MR) is 129 cm³/mol. The Morgan fingerprint density at radius 1 is 1.06 bits per heavy atom. The van der Waals surface area contributed by atoms with Gasteiger partial charge in [-0.25, -0.2) is 0 Å². The van der Waals surface area contributed by atoms with Crippen LogP contribution in [0.25, 0.3) is 0 Å². The van der Waals surface area contributed by atoms with Gasteiger partial charge in [0.2, 0.25) is 0 Å². The molecule has 0 fully saturated rings. The van der Waals surface area contributed by atoms with E-state index in [1.54, 1.807) is 7.05 Å². The summed E-state index contributed by atoms with van der Waals surface area (Å²) in [5.41, 5.74) is 3.28. The Labute approximate surface area is 191 Å². The van der Waals surface area contributed by atoms with E-state index in [4.69, 9.17) is 9.47 Å². The molecule has 3 N–H and O–H groups in total. The zero-order valence-corrected chi connectivity index (χ0v) is 19.8. The second kappa shape index (κ2) is 13.2. The smallest absolute Gasteiger partial charge is 0.257 e. The van der Waals surface area contributed by atoms with E-state index in [1.165, 1.54) is 5.56 Å². The fourth-order valence-electron chi connectivity index (χ4n) is 2.95. The largest absolute Gasteiger partial charge is 0.490 e. The average molecular weight is 441 g/mol. The highest BCUT2D eigenvalue weighted by atomic mass is 16.5. The predicted octanol–water partition coefficient (Wildman–Crippen LogP) is 3.55. The molecule has 32 heavy (non-hydrogen) atoms. The summed E-state index contributed by atoms with van der Waals surface area (Å²) >= 11 is 0. The minimum atomic E-state index is -0.131. The minimum absolute atomic E-state index is 0.00550. The van der Waals surface area contributed by atoms with E-state index in [9.17, 15) is 4.79 Å². The van der Waals surface area contributed by atoms with Gasteiger partial charge in [0, 0.05) is 32.2 Å². The monoisotopic (exact) mass is 440 g/mol. The van der Waals surface area contributed by atoms with E-state index < -0.39 is 0 Å². The van der Waals surface area contributed by atoms with Crippen LogP contribution in [-0.4, -0.2) is 38.2 Å². The first-order valence-corrected chi connectivity index (χ1v) is 11.1. The maximum atomic E-state index is 11.6. The Morgan fingerprint density at radius 2 is 1.84 bits per heavy atom. The third-order valence-electron chi connectivity index (χ3n) is 4.90. The summed E-state index contributed by atoms with van der Waals surface area (Å²) in [5.74, 6) is 2.12. The van der Waals surface area contributed by atoms with Crippen LogP contribution in [0.5, 0.6) is 11.5 Å². The summed E-state index contributed by atoms with van der Waals surface area (Å²) in [6, 6.07) is 13.9. The molecule has 1 atom stereocenters. The van der Waals surface area contributed by atoms with Crippen LogP contribution in [0, 0.1) is 6.92 Å². The molecule has 0 aliphatic heterocycles. The lowest BCUT2D eigenvalue weighted by Crippen LogP contribution is -2.36. The maximum absolute atomic E-state index is 11.6. The number of guanidine groups is 1. The second-order valence-corrected chi connectivity index (χ2v) is 7.62. The first kappa shape index (κ1) is 25.0. The molecule has 0 aliphatic carbocycles. The summed E-state index contributed by atoms with van der Waals surface area (Å²) in [4.78, 5) is 15.9. The normalized spacial score (nSPS) is 12.1. The second-order valence-electron chi connectivity index (χ2n) is 7.62. The number of ether oxygens (including phenoxy) is 2. The number of amides is 1. The van der Waals surface area contributed by atoms with Crippen molar-refractivity contribution in [1.29, 1.82) is 0 Å². The van der Waals surface area contributed by atoms with E-state index in [0.29, 0.717) is 31.3 Å². The summed E-state index contributed by atoms with van der Waals surface area (Å²) in [7, 11) is 1.74. The van der Waals surface area contributed by atoms with E-state index in [2.05, 4.69) is 59.9 Å². The van der Waals surface area contributed by atoms with Crippen LogP contribution in [0.3, 0.4) is 0 Å². The lowest BCUT2D eigenvalue weighted by atomic mass is 10.1. The standard InChI is InChI=1S/C25H36N4O3/c1-6-19(4)32-23-13-18(3)11-12-21(23)16-29-25(26-5)28-15-20-9-8-10-22(14-20)31-17-24(30)27-7-2/h8-14,19H,6-7,15-17H2,1-5H3,(H,27,30)(H2,26,28,29). The number of carbonyl (C=O) groups is 1. The molecule has 2 aromatic carbocycles. The van der Waals surface area contributed by atoms with Crippen LogP contribution >= 0.6 is 0 Å². The molecular weight excluding hydrogens is 404 g/mol. The van der Waals surface area contributed by atoms with Crippen LogP contribution in [0.15, 0.2) is 47.5 Å². The number of nitrogens with one attached hydrogen (secondary N) is 3. The SMILES string of the molecule is CCNC(=O)COc1cccc(CNC(=NC)NCc2ccc(C)cc2OC(C)CC)c1. The van der Waals surface area contributed by atoms with Crippen molar-refractivity contribution in [1.82, 2.24) is 16.0 Å². The van der Waals surface area contributed by atoms with Gasteiger partial charge in [0.15, 0.2) is 12.6 Å². The molecule has 0 aliphatic rings. The molecular formula is C25H36N4O3. The van der Waals surface area contributed by atoms with Crippen molar-refractivity contribution in [2.45, 2.75) is 53.3 Å².